The summed E-state index contributed by atoms with van der Waals surface area (Å²) in [5.74, 6) is 2.46. The number of aryl methyl sites for hydroxylation is 1. The van der Waals surface area contributed by atoms with E-state index in [1.807, 2.05) is 19.1 Å². The monoisotopic (exact) mass is 302 g/mol. The molecule has 0 unspecified atom stereocenters. The highest BCUT2D eigenvalue weighted by atomic mass is 16.6. The molecular weight excluding hydrogens is 280 g/mol. The minimum absolute atomic E-state index is 0.579. The van der Waals surface area contributed by atoms with Gasteiger partial charge in [-0.05, 0) is 19.8 Å². The fourth-order valence-electron chi connectivity index (χ4n) is 3.64. The second kappa shape index (κ2) is 5.16. The molecule has 1 N–H and O–H groups in total. The molecule has 1 saturated carbocycles. The van der Waals surface area contributed by atoms with Gasteiger partial charge in [0.1, 0.15) is 19.0 Å². The summed E-state index contributed by atoms with van der Waals surface area (Å²) in [5.41, 5.74) is 1.31. The molecule has 0 amide bonds. The lowest BCUT2D eigenvalue weighted by Crippen LogP contribution is -2.36. The first-order valence-electron chi connectivity index (χ1n) is 8.14. The number of aromatic nitrogens is 2. The van der Waals surface area contributed by atoms with Crippen LogP contribution in [0.3, 0.4) is 0 Å². The number of benzene rings is 1. The Morgan fingerprint density at radius 2 is 1.82 bits per heavy atom. The SMILES string of the molecule is Cc1nc2cc3c(cc2n1CC1(O)CCCCC1)OCCO3. The summed E-state index contributed by atoms with van der Waals surface area (Å²) in [6.45, 7) is 3.76. The average molecular weight is 302 g/mol. The fraction of sp³-hybridized carbons (Fsp3) is 0.588. The molecule has 118 valence electrons. The molecule has 1 aromatic heterocycles. The van der Waals surface area contributed by atoms with Crippen molar-refractivity contribution in [3.05, 3.63) is 18.0 Å². The molecule has 0 radical (unpaired) electrons. The molecule has 0 spiro atoms. The third-order valence-corrected chi connectivity index (χ3v) is 4.84. The third-order valence-electron chi connectivity index (χ3n) is 4.84. The van der Waals surface area contributed by atoms with Gasteiger partial charge in [0.25, 0.3) is 0 Å². The maximum atomic E-state index is 10.9. The largest absolute Gasteiger partial charge is 0.486 e. The summed E-state index contributed by atoms with van der Waals surface area (Å²) >= 11 is 0. The van der Waals surface area contributed by atoms with E-state index in [9.17, 15) is 5.11 Å². The lowest BCUT2D eigenvalue weighted by Gasteiger charge is -2.33. The van der Waals surface area contributed by atoms with Gasteiger partial charge in [-0.15, -0.1) is 0 Å². The highest BCUT2D eigenvalue weighted by molar-refractivity contribution is 5.80. The van der Waals surface area contributed by atoms with Crippen molar-refractivity contribution in [2.24, 2.45) is 0 Å². The summed E-state index contributed by atoms with van der Waals surface area (Å²) in [4.78, 5) is 4.63. The van der Waals surface area contributed by atoms with Crippen molar-refractivity contribution in [3.8, 4) is 11.5 Å². The quantitative estimate of drug-likeness (QED) is 0.927. The van der Waals surface area contributed by atoms with Gasteiger partial charge in [0.05, 0.1) is 23.2 Å². The number of rotatable bonds is 2. The Bertz CT molecular complexity index is 701. The topological polar surface area (TPSA) is 56.5 Å². The first-order valence-corrected chi connectivity index (χ1v) is 8.14. The molecular formula is C17H22N2O3. The fourth-order valence-corrected chi connectivity index (χ4v) is 3.64. The van der Waals surface area contributed by atoms with Gasteiger partial charge < -0.3 is 19.1 Å². The molecule has 2 heterocycles. The maximum absolute atomic E-state index is 10.9. The molecule has 4 rings (SSSR count). The van der Waals surface area contributed by atoms with E-state index >= 15 is 0 Å². The number of imidazole rings is 1. The predicted molar refractivity (Wildman–Crippen MR) is 83.5 cm³/mol. The van der Waals surface area contributed by atoms with Gasteiger partial charge in [0.15, 0.2) is 11.5 Å². The maximum Gasteiger partial charge on any atom is 0.163 e. The highest BCUT2D eigenvalue weighted by Gasteiger charge is 2.31. The molecule has 0 bridgehead atoms. The van der Waals surface area contributed by atoms with Crippen LogP contribution in [0.15, 0.2) is 12.1 Å². The molecule has 1 fully saturated rings. The van der Waals surface area contributed by atoms with Crippen LogP contribution in [-0.2, 0) is 6.54 Å². The van der Waals surface area contributed by atoms with Crippen LogP contribution in [0.25, 0.3) is 11.0 Å². The van der Waals surface area contributed by atoms with Gasteiger partial charge in [-0.2, -0.15) is 0 Å². The molecule has 1 aliphatic heterocycles. The van der Waals surface area contributed by atoms with E-state index in [1.54, 1.807) is 0 Å². The molecule has 5 nitrogen and oxygen atoms in total. The first kappa shape index (κ1) is 13.9. The zero-order valence-corrected chi connectivity index (χ0v) is 13.0. The zero-order chi connectivity index (χ0) is 15.2. The van der Waals surface area contributed by atoms with Crippen LogP contribution in [0.2, 0.25) is 0 Å². The minimum atomic E-state index is -0.607. The Labute approximate surface area is 129 Å². The third kappa shape index (κ3) is 2.33. The van der Waals surface area contributed by atoms with Gasteiger partial charge in [-0.1, -0.05) is 19.3 Å². The highest BCUT2D eigenvalue weighted by Crippen LogP contribution is 2.36. The Balaban J connectivity index is 1.75. The second-order valence-electron chi connectivity index (χ2n) is 6.51. The summed E-state index contributed by atoms with van der Waals surface area (Å²) in [6.07, 6.45) is 5.18. The zero-order valence-electron chi connectivity index (χ0n) is 13.0. The molecule has 2 aliphatic rings. The molecule has 2 aromatic rings. The molecule has 0 saturated heterocycles. The average Bonchev–Trinajstić information content (AvgIpc) is 2.81. The second-order valence-corrected chi connectivity index (χ2v) is 6.51. The van der Waals surface area contributed by atoms with Crippen molar-refractivity contribution in [1.29, 1.82) is 0 Å². The number of nitrogens with zero attached hydrogens (tertiary/aromatic N) is 2. The van der Waals surface area contributed by atoms with Crippen LogP contribution in [0, 0.1) is 6.92 Å². The summed E-state index contributed by atoms with van der Waals surface area (Å²) in [5, 5.41) is 10.9. The Hall–Kier alpha value is -1.75. The standard InChI is InChI=1S/C17H22N2O3/c1-12-18-13-9-15-16(22-8-7-21-15)10-14(13)19(12)11-17(20)5-3-2-4-6-17/h9-10,20H,2-8,11H2,1H3. The van der Waals surface area contributed by atoms with Crippen molar-refractivity contribution in [2.75, 3.05) is 13.2 Å². The van der Waals surface area contributed by atoms with Gasteiger partial charge in [-0.3, -0.25) is 0 Å². The lowest BCUT2D eigenvalue weighted by atomic mass is 9.85. The van der Waals surface area contributed by atoms with Crippen LogP contribution in [0.5, 0.6) is 11.5 Å². The normalized spacial score (nSPS) is 20.3. The Morgan fingerprint density at radius 1 is 1.14 bits per heavy atom. The van der Waals surface area contributed by atoms with E-state index in [1.165, 1.54) is 6.42 Å². The van der Waals surface area contributed by atoms with E-state index in [0.717, 1.165) is 54.0 Å². The van der Waals surface area contributed by atoms with E-state index in [2.05, 4.69) is 9.55 Å². The number of aliphatic hydroxyl groups is 1. The van der Waals surface area contributed by atoms with Crippen molar-refractivity contribution in [1.82, 2.24) is 9.55 Å². The number of ether oxygens (including phenoxy) is 2. The number of hydrogen-bond acceptors (Lipinski definition) is 4. The van der Waals surface area contributed by atoms with E-state index in [4.69, 9.17) is 9.47 Å². The number of hydrogen-bond donors (Lipinski definition) is 1. The Morgan fingerprint density at radius 3 is 2.55 bits per heavy atom. The van der Waals surface area contributed by atoms with Crippen molar-refractivity contribution in [2.45, 2.75) is 51.2 Å². The lowest BCUT2D eigenvalue weighted by molar-refractivity contribution is -0.0110. The van der Waals surface area contributed by atoms with E-state index < -0.39 is 5.60 Å². The van der Waals surface area contributed by atoms with Crippen LogP contribution in [0.4, 0.5) is 0 Å². The Kier molecular flexibility index (Phi) is 3.26. The molecule has 0 atom stereocenters. The van der Waals surface area contributed by atoms with Crippen LogP contribution in [-0.4, -0.2) is 33.5 Å². The van der Waals surface area contributed by atoms with Crippen molar-refractivity contribution >= 4 is 11.0 Å². The smallest absolute Gasteiger partial charge is 0.163 e. The van der Waals surface area contributed by atoms with Gasteiger partial charge in [0.2, 0.25) is 0 Å². The molecule has 1 aliphatic carbocycles. The summed E-state index contributed by atoms with van der Waals surface area (Å²) in [7, 11) is 0. The number of fused-ring (bicyclic) bond motifs is 2. The molecule has 22 heavy (non-hydrogen) atoms. The van der Waals surface area contributed by atoms with E-state index in [-0.39, 0.29) is 0 Å². The van der Waals surface area contributed by atoms with Crippen LogP contribution < -0.4 is 9.47 Å². The van der Waals surface area contributed by atoms with Crippen molar-refractivity contribution in [3.63, 3.8) is 0 Å². The van der Waals surface area contributed by atoms with Crippen LogP contribution >= 0.6 is 0 Å². The minimum Gasteiger partial charge on any atom is -0.486 e. The van der Waals surface area contributed by atoms with Gasteiger partial charge in [0, 0.05) is 12.1 Å². The summed E-state index contributed by atoms with van der Waals surface area (Å²) in [6, 6.07) is 3.94. The summed E-state index contributed by atoms with van der Waals surface area (Å²) < 4.78 is 13.4. The van der Waals surface area contributed by atoms with Gasteiger partial charge in [-0.25, -0.2) is 4.98 Å². The van der Waals surface area contributed by atoms with Gasteiger partial charge >= 0.3 is 0 Å². The van der Waals surface area contributed by atoms with E-state index in [0.29, 0.717) is 19.8 Å². The van der Waals surface area contributed by atoms with Crippen molar-refractivity contribution < 1.29 is 14.6 Å². The first-order chi connectivity index (χ1) is 10.6. The van der Waals surface area contributed by atoms with Crippen LogP contribution in [0.1, 0.15) is 37.9 Å². The molecule has 5 heteroatoms. The molecule has 1 aromatic carbocycles. The predicted octanol–water partition coefficient (Wildman–Crippen LogP) is 2.81.